The number of hydrogen-bond donors (Lipinski definition) is 0. The molecule has 4 nitrogen and oxygen atoms in total. The first-order chi connectivity index (χ1) is 15.3. The Morgan fingerprint density at radius 2 is 1.52 bits per heavy atom. The number of hydrogen-bond acceptors (Lipinski definition) is 4. The Kier molecular flexibility index (Phi) is 10.9. The van der Waals surface area contributed by atoms with Gasteiger partial charge in [-0.25, -0.2) is 0 Å². The first-order valence-corrected chi connectivity index (χ1v) is 24.1. The molecule has 2 aliphatic heterocycles. The third-order valence-corrected chi connectivity index (χ3v) is 27.6. The van der Waals surface area contributed by atoms with E-state index in [0.717, 1.165) is 0 Å². The van der Waals surface area contributed by atoms with Gasteiger partial charge in [-0.15, -0.1) is 0 Å². The van der Waals surface area contributed by atoms with E-state index in [2.05, 4.69) is 60.7 Å². The molecule has 3 atom stereocenters. The van der Waals surface area contributed by atoms with Crippen molar-refractivity contribution in [2.45, 2.75) is 149 Å². The Morgan fingerprint density at radius 3 is 1.97 bits per heavy atom. The van der Waals surface area contributed by atoms with Crippen molar-refractivity contribution in [3.05, 3.63) is 9.85 Å². The first-order valence-electron chi connectivity index (χ1n) is 13.7. The van der Waals surface area contributed by atoms with Gasteiger partial charge in [0, 0.05) is 0 Å². The molecule has 2 aliphatic rings. The van der Waals surface area contributed by atoms with E-state index in [1.165, 1.54) is 55.6 Å². The molecule has 0 amide bonds. The van der Waals surface area contributed by atoms with Gasteiger partial charge < -0.3 is 0 Å². The van der Waals surface area contributed by atoms with Crippen molar-refractivity contribution in [2.75, 3.05) is 6.61 Å². The predicted octanol–water partition coefficient (Wildman–Crippen LogP) is 8.20. The summed E-state index contributed by atoms with van der Waals surface area (Å²) < 4.78 is 32.1. The molecule has 0 N–H and O–H groups in total. The Labute approximate surface area is 210 Å². The molecule has 2 heterocycles. The van der Waals surface area contributed by atoms with Crippen molar-refractivity contribution >= 4 is 26.7 Å². The normalized spacial score (nSPS) is 25.9. The van der Waals surface area contributed by atoms with Gasteiger partial charge in [0.15, 0.2) is 0 Å². The third-order valence-electron chi connectivity index (χ3n) is 8.09. The van der Waals surface area contributed by atoms with E-state index in [0.29, 0.717) is 6.61 Å². The van der Waals surface area contributed by atoms with Crippen LogP contribution in [-0.4, -0.2) is 57.4 Å². The van der Waals surface area contributed by atoms with Crippen molar-refractivity contribution in [2.24, 2.45) is 0 Å². The minimum absolute atomic E-state index is 0.0382. The van der Waals surface area contributed by atoms with Crippen LogP contribution in [0, 0.1) is 0 Å². The second-order valence-corrected chi connectivity index (χ2v) is 30.2. The summed E-state index contributed by atoms with van der Waals surface area (Å²) in [6.07, 6.45) is 10.0. The van der Waals surface area contributed by atoms with Crippen LogP contribution >= 0.6 is 0 Å². The van der Waals surface area contributed by atoms with E-state index in [9.17, 15) is 0 Å². The summed E-state index contributed by atoms with van der Waals surface area (Å²) in [4.78, 5) is 0. The second-order valence-electron chi connectivity index (χ2n) is 12.4. The van der Waals surface area contributed by atoms with Gasteiger partial charge in [-0.1, -0.05) is 0 Å². The van der Waals surface area contributed by atoms with Crippen LogP contribution < -0.4 is 0 Å². The Hall–Kier alpha value is 0.436. The Bertz CT molecular complexity index is 619. The molecule has 2 rings (SSSR count). The molecule has 0 aromatic heterocycles. The van der Waals surface area contributed by atoms with Crippen LogP contribution in [0.4, 0.5) is 0 Å². The van der Waals surface area contributed by atoms with Gasteiger partial charge in [0.25, 0.3) is 0 Å². The first kappa shape index (κ1) is 29.7. The summed E-state index contributed by atoms with van der Waals surface area (Å²) in [5, 5.41) is 0.155. The zero-order valence-electron chi connectivity index (χ0n) is 23.5. The van der Waals surface area contributed by atoms with Gasteiger partial charge in [0.2, 0.25) is 0 Å². The molecule has 33 heavy (non-hydrogen) atoms. The Balaban J connectivity index is 2.51. The quantitative estimate of drug-likeness (QED) is 0.215. The second kappa shape index (κ2) is 12.1. The van der Waals surface area contributed by atoms with Gasteiger partial charge in [-0.05, 0) is 0 Å². The molecular weight excluding hydrogens is 535 g/mol. The van der Waals surface area contributed by atoms with Gasteiger partial charge in [-0.3, -0.25) is 0 Å². The zero-order chi connectivity index (χ0) is 24.9. The summed E-state index contributed by atoms with van der Waals surface area (Å²) in [6, 6.07) is 0. The van der Waals surface area contributed by atoms with Gasteiger partial charge in [-0.2, -0.15) is 0 Å². The monoisotopic (exact) mass is 590 g/mol. The summed E-state index contributed by atoms with van der Waals surface area (Å²) in [5.74, 6) is -0.599. The molecule has 0 saturated carbocycles. The van der Waals surface area contributed by atoms with Gasteiger partial charge in [0.1, 0.15) is 0 Å². The number of rotatable bonds is 12. The third kappa shape index (κ3) is 7.71. The van der Waals surface area contributed by atoms with Crippen LogP contribution in [0.3, 0.4) is 0 Å². The van der Waals surface area contributed by atoms with Crippen molar-refractivity contribution in [3.8, 4) is 0 Å². The van der Waals surface area contributed by atoms with Crippen LogP contribution in [0.1, 0.15) is 93.9 Å². The van der Waals surface area contributed by atoms with Crippen LogP contribution in [0.25, 0.3) is 0 Å². The fraction of sp³-hybridized carbons (Fsp3) is 0.926. The minimum atomic E-state index is -2.72. The molecule has 0 bridgehead atoms. The summed E-state index contributed by atoms with van der Waals surface area (Å²) in [6.45, 7) is 23.3. The summed E-state index contributed by atoms with van der Waals surface area (Å²) in [7, 11) is -1.98. The number of unbranched alkanes of at least 4 members (excludes halogenated alkanes) is 3. The SMILES string of the molecule is CCC[CH2][Sn]([CH2]CCC)([CH2]CCC)[C]1=C[C@@H](O[Si](C)(C)C(C)(C)C)[C@@H]2OC(C)(C)OC[C@H]2O1. The topological polar surface area (TPSA) is 36.9 Å². The molecule has 6 heteroatoms. The Morgan fingerprint density at radius 1 is 1.00 bits per heavy atom. The predicted molar refractivity (Wildman–Crippen MR) is 145 cm³/mol. The van der Waals surface area contributed by atoms with Crippen LogP contribution in [0.2, 0.25) is 31.4 Å². The van der Waals surface area contributed by atoms with E-state index in [1.807, 2.05) is 13.8 Å². The summed E-state index contributed by atoms with van der Waals surface area (Å²) >= 11 is -2.72. The molecule has 0 spiro atoms. The summed E-state index contributed by atoms with van der Waals surface area (Å²) in [5.41, 5.74) is 0. The molecule has 0 aromatic rings. The van der Waals surface area contributed by atoms with E-state index < -0.39 is 32.5 Å². The van der Waals surface area contributed by atoms with Crippen LogP contribution in [0.5, 0.6) is 0 Å². The average molecular weight is 590 g/mol. The molecule has 0 unspecified atom stereocenters. The van der Waals surface area contributed by atoms with Crippen molar-refractivity contribution in [1.29, 1.82) is 0 Å². The standard InChI is InChI=1S/C15H27O4Si.3C4H9.Sn/c1-14(2,3)20(6,7)19-11-8-9-16-12-10-17-15(4,5)18-13(11)12;3*1-3-4-2;/h8,11-13H,10H2,1-7H3;3*1,3-4H2,2H3;/t11-,12-,13+;;;;/m1..../s1. The molecule has 0 aromatic carbocycles. The van der Waals surface area contributed by atoms with Crippen molar-refractivity contribution in [3.63, 3.8) is 0 Å². The molecule has 0 aliphatic carbocycles. The van der Waals surface area contributed by atoms with E-state index in [1.54, 1.807) is 0 Å². The number of fused-ring (bicyclic) bond motifs is 1. The molecule has 0 radical (unpaired) electrons. The molecule has 194 valence electrons. The maximum absolute atomic E-state index is 7.08. The fourth-order valence-electron chi connectivity index (χ4n) is 4.85. The molecule has 1 fully saturated rings. The van der Waals surface area contributed by atoms with E-state index in [4.69, 9.17) is 18.6 Å². The zero-order valence-corrected chi connectivity index (χ0v) is 27.4. The van der Waals surface area contributed by atoms with E-state index in [-0.39, 0.29) is 23.4 Å². The molecule has 1 saturated heterocycles. The van der Waals surface area contributed by atoms with Crippen molar-refractivity contribution < 1.29 is 18.6 Å². The van der Waals surface area contributed by atoms with Crippen LogP contribution in [-0.2, 0) is 18.6 Å². The number of ether oxygens (including phenoxy) is 3. The van der Waals surface area contributed by atoms with Crippen LogP contribution in [0.15, 0.2) is 9.85 Å². The van der Waals surface area contributed by atoms with Gasteiger partial charge in [0.05, 0.1) is 0 Å². The average Bonchev–Trinajstić information content (AvgIpc) is 2.72. The van der Waals surface area contributed by atoms with E-state index >= 15 is 0 Å². The maximum atomic E-state index is 7.08. The van der Waals surface area contributed by atoms with Crippen molar-refractivity contribution in [1.82, 2.24) is 0 Å². The molecular formula is C27H54O4SiSn. The van der Waals surface area contributed by atoms with Gasteiger partial charge >= 0.3 is 211 Å². The fourth-order valence-corrected chi connectivity index (χ4v) is 21.8.